The van der Waals surface area contributed by atoms with Gasteiger partial charge in [-0.05, 0) is 37.8 Å². The maximum Gasteiger partial charge on any atom is 0.237 e. The highest BCUT2D eigenvalue weighted by molar-refractivity contribution is 5.82. The average molecular weight is 262 g/mol. The lowest BCUT2D eigenvalue weighted by atomic mass is 9.95. The van der Waals surface area contributed by atoms with Crippen molar-refractivity contribution in [2.75, 3.05) is 0 Å². The molecule has 0 aromatic heterocycles. The van der Waals surface area contributed by atoms with Crippen molar-refractivity contribution < 1.29 is 9.90 Å². The van der Waals surface area contributed by atoms with Crippen LogP contribution in [0.25, 0.3) is 0 Å². The van der Waals surface area contributed by atoms with Crippen LogP contribution in [0.1, 0.15) is 31.4 Å². The Morgan fingerprint density at radius 1 is 1.42 bits per heavy atom. The molecule has 1 heterocycles. The lowest BCUT2D eigenvalue weighted by Gasteiger charge is -2.27. The van der Waals surface area contributed by atoms with Crippen LogP contribution < -0.4 is 10.6 Å². The molecule has 3 atom stereocenters. The molecule has 1 aromatic rings. The maximum atomic E-state index is 12.1. The normalized spacial score (nSPS) is 21.3. The lowest BCUT2D eigenvalue weighted by molar-refractivity contribution is -0.124. The minimum Gasteiger partial charge on any atom is -0.393 e. The van der Waals surface area contributed by atoms with E-state index in [4.69, 9.17) is 0 Å². The van der Waals surface area contributed by atoms with Gasteiger partial charge in [-0.25, -0.2) is 0 Å². The van der Waals surface area contributed by atoms with Crippen LogP contribution in [0, 0.1) is 0 Å². The first-order valence-corrected chi connectivity index (χ1v) is 6.85. The summed E-state index contributed by atoms with van der Waals surface area (Å²) in [5.41, 5.74) is 2.51. The fraction of sp³-hybridized carbons (Fsp3) is 0.533. The van der Waals surface area contributed by atoms with Crippen molar-refractivity contribution in [1.82, 2.24) is 10.6 Å². The summed E-state index contributed by atoms with van der Waals surface area (Å²) in [6.07, 6.45) is 0.911. The number of carbonyl (C=O) groups is 1. The SMILES string of the molecule is CC(O)CC(C)NC(=O)C1Cc2ccccc2CN1. The molecular formula is C15H22N2O2. The number of amides is 1. The number of fused-ring (bicyclic) bond motifs is 1. The van der Waals surface area contributed by atoms with Gasteiger partial charge in [0.1, 0.15) is 0 Å². The van der Waals surface area contributed by atoms with Crippen molar-refractivity contribution in [3.05, 3.63) is 35.4 Å². The van der Waals surface area contributed by atoms with Gasteiger partial charge in [0.25, 0.3) is 0 Å². The number of carbonyl (C=O) groups excluding carboxylic acids is 1. The number of hydrogen-bond donors (Lipinski definition) is 3. The topological polar surface area (TPSA) is 61.4 Å². The predicted octanol–water partition coefficient (Wildman–Crippen LogP) is 0.976. The van der Waals surface area contributed by atoms with E-state index in [0.717, 1.165) is 13.0 Å². The third-order valence-corrected chi connectivity index (χ3v) is 3.48. The molecule has 0 radical (unpaired) electrons. The Hall–Kier alpha value is -1.39. The van der Waals surface area contributed by atoms with E-state index in [9.17, 15) is 9.90 Å². The number of aliphatic hydroxyl groups is 1. The molecule has 1 amide bonds. The summed E-state index contributed by atoms with van der Waals surface area (Å²) in [6.45, 7) is 4.39. The zero-order chi connectivity index (χ0) is 13.8. The molecular weight excluding hydrogens is 240 g/mol. The second-order valence-corrected chi connectivity index (χ2v) is 5.40. The second kappa shape index (κ2) is 6.17. The van der Waals surface area contributed by atoms with Gasteiger partial charge < -0.3 is 15.7 Å². The zero-order valence-electron chi connectivity index (χ0n) is 11.5. The number of nitrogens with one attached hydrogen (secondary N) is 2. The highest BCUT2D eigenvalue weighted by Gasteiger charge is 2.24. The highest BCUT2D eigenvalue weighted by Crippen LogP contribution is 2.16. The van der Waals surface area contributed by atoms with Gasteiger partial charge >= 0.3 is 0 Å². The number of rotatable bonds is 4. The molecule has 1 aliphatic heterocycles. The Morgan fingerprint density at radius 2 is 2.11 bits per heavy atom. The van der Waals surface area contributed by atoms with Gasteiger partial charge in [0, 0.05) is 12.6 Å². The number of benzene rings is 1. The van der Waals surface area contributed by atoms with Crippen LogP contribution in [0.2, 0.25) is 0 Å². The van der Waals surface area contributed by atoms with E-state index in [1.165, 1.54) is 11.1 Å². The first-order chi connectivity index (χ1) is 9.06. The molecule has 0 bridgehead atoms. The smallest absolute Gasteiger partial charge is 0.237 e. The van der Waals surface area contributed by atoms with Crippen molar-refractivity contribution in [3.8, 4) is 0 Å². The molecule has 104 valence electrons. The van der Waals surface area contributed by atoms with Crippen LogP contribution in [0.15, 0.2) is 24.3 Å². The molecule has 0 saturated heterocycles. The van der Waals surface area contributed by atoms with E-state index in [1.54, 1.807) is 6.92 Å². The van der Waals surface area contributed by atoms with Gasteiger partial charge in [-0.1, -0.05) is 24.3 Å². The van der Waals surface area contributed by atoms with Gasteiger partial charge in [0.15, 0.2) is 0 Å². The predicted molar refractivity (Wildman–Crippen MR) is 74.7 cm³/mol. The van der Waals surface area contributed by atoms with Crippen molar-refractivity contribution in [3.63, 3.8) is 0 Å². The van der Waals surface area contributed by atoms with E-state index in [-0.39, 0.29) is 18.0 Å². The van der Waals surface area contributed by atoms with Crippen molar-refractivity contribution in [2.24, 2.45) is 0 Å². The standard InChI is InChI=1S/C15H22N2O2/c1-10(7-11(2)18)17-15(19)14-8-12-5-3-4-6-13(12)9-16-14/h3-6,10-11,14,16,18H,7-9H2,1-2H3,(H,17,19). The summed E-state index contributed by atoms with van der Waals surface area (Å²) in [5.74, 6) is 0.0163. The molecule has 2 rings (SSSR count). The van der Waals surface area contributed by atoms with Gasteiger partial charge in [0.05, 0.1) is 12.1 Å². The van der Waals surface area contributed by atoms with Crippen LogP contribution in [0.5, 0.6) is 0 Å². The Balaban J connectivity index is 1.92. The quantitative estimate of drug-likeness (QED) is 0.758. The molecule has 3 N–H and O–H groups in total. The summed E-state index contributed by atoms with van der Waals surface area (Å²) in [7, 11) is 0. The molecule has 1 aromatic carbocycles. The van der Waals surface area contributed by atoms with Crippen molar-refractivity contribution in [1.29, 1.82) is 0 Å². The minimum atomic E-state index is -0.393. The fourth-order valence-corrected chi connectivity index (χ4v) is 2.55. The first-order valence-electron chi connectivity index (χ1n) is 6.85. The molecule has 0 fully saturated rings. The second-order valence-electron chi connectivity index (χ2n) is 5.40. The van der Waals surface area contributed by atoms with Gasteiger partial charge in [-0.3, -0.25) is 4.79 Å². The molecule has 1 aliphatic rings. The lowest BCUT2D eigenvalue weighted by Crippen LogP contribution is -2.50. The van der Waals surface area contributed by atoms with Gasteiger partial charge in [-0.15, -0.1) is 0 Å². The van der Waals surface area contributed by atoms with Crippen LogP contribution in [-0.2, 0) is 17.8 Å². The molecule has 0 aliphatic carbocycles. The van der Waals surface area contributed by atoms with E-state index >= 15 is 0 Å². The molecule has 4 nitrogen and oxygen atoms in total. The van der Waals surface area contributed by atoms with Crippen molar-refractivity contribution >= 4 is 5.91 Å². The monoisotopic (exact) mass is 262 g/mol. The summed E-state index contributed by atoms with van der Waals surface area (Å²) in [6, 6.07) is 8.01. The Morgan fingerprint density at radius 3 is 2.79 bits per heavy atom. The Kier molecular flexibility index (Phi) is 4.56. The minimum absolute atomic E-state index is 0.00790. The van der Waals surface area contributed by atoms with Crippen LogP contribution >= 0.6 is 0 Å². The third-order valence-electron chi connectivity index (χ3n) is 3.48. The zero-order valence-corrected chi connectivity index (χ0v) is 11.5. The molecule has 0 saturated carbocycles. The summed E-state index contributed by atoms with van der Waals surface area (Å²) < 4.78 is 0. The summed E-state index contributed by atoms with van der Waals surface area (Å²) in [5, 5.41) is 15.5. The number of hydrogen-bond acceptors (Lipinski definition) is 3. The largest absolute Gasteiger partial charge is 0.393 e. The van der Waals surface area contributed by atoms with Crippen LogP contribution in [-0.4, -0.2) is 29.2 Å². The number of aliphatic hydroxyl groups excluding tert-OH is 1. The molecule has 3 unspecified atom stereocenters. The summed E-state index contributed by atoms with van der Waals surface area (Å²) >= 11 is 0. The maximum absolute atomic E-state index is 12.1. The first kappa shape index (κ1) is 14.0. The molecule has 4 heteroatoms. The van der Waals surface area contributed by atoms with E-state index < -0.39 is 6.10 Å². The van der Waals surface area contributed by atoms with Crippen LogP contribution in [0.4, 0.5) is 0 Å². The average Bonchev–Trinajstić information content (AvgIpc) is 2.37. The summed E-state index contributed by atoms with van der Waals surface area (Å²) in [4.78, 5) is 12.1. The Bertz CT molecular complexity index is 446. The molecule has 0 spiro atoms. The van der Waals surface area contributed by atoms with E-state index in [2.05, 4.69) is 22.8 Å². The fourth-order valence-electron chi connectivity index (χ4n) is 2.55. The van der Waals surface area contributed by atoms with E-state index in [1.807, 2.05) is 19.1 Å². The van der Waals surface area contributed by atoms with Crippen molar-refractivity contribution in [2.45, 2.75) is 51.4 Å². The van der Waals surface area contributed by atoms with Gasteiger partial charge in [0.2, 0.25) is 5.91 Å². The highest BCUT2D eigenvalue weighted by atomic mass is 16.3. The molecule has 19 heavy (non-hydrogen) atoms. The third kappa shape index (κ3) is 3.78. The van der Waals surface area contributed by atoms with Crippen LogP contribution in [0.3, 0.4) is 0 Å². The van der Waals surface area contributed by atoms with Gasteiger partial charge in [-0.2, -0.15) is 0 Å². The Labute approximate surface area is 114 Å². The van der Waals surface area contributed by atoms with E-state index in [0.29, 0.717) is 6.42 Å².